The minimum atomic E-state index is -2.96. The van der Waals surface area contributed by atoms with Crippen LogP contribution in [0.4, 0.5) is 0 Å². The monoisotopic (exact) mass is 203 g/mol. The molecule has 0 heterocycles. The standard InChI is InChI=1S/C9H16O3P/c1-4-7-11-13(10,9-6-3)12-8-5-2/h4-5H,1-3,6-9H2. The van der Waals surface area contributed by atoms with E-state index in [1.165, 1.54) is 12.2 Å². The maximum Gasteiger partial charge on any atom is 0.331 e. The summed E-state index contributed by atoms with van der Waals surface area (Å²) in [5, 5.41) is 0. The summed E-state index contributed by atoms with van der Waals surface area (Å²) in [6, 6.07) is 0. The highest BCUT2D eigenvalue weighted by atomic mass is 31.2. The quantitative estimate of drug-likeness (QED) is 0.449. The molecule has 0 aliphatic rings. The maximum absolute atomic E-state index is 11.8. The molecule has 0 rings (SSSR count). The SMILES string of the molecule is [CH2]CCP(=O)(OCC=C)OCC=C. The summed E-state index contributed by atoms with van der Waals surface area (Å²) in [5.41, 5.74) is 0. The Morgan fingerprint density at radius 3 is 1.92 bits per heavy atom. The first-order valence-electron chi connectivity index (χ1n) is 4.07. The third-order valence-electron chi connectivity index (χ3n) is 1.21. The first kappa shape index (κ1) is 12.6. The van der Waals surface area contributed by atoms with Gasteiger partial charge in [-0.2, -0.15) is 0 Å². The van der Waals surface area contributed by atoms with Gasteiger partial charge >= 0.3 is 7.60 Å². The van der Waals surface area contributed by atoms with Gasteiger partial charge in [0, 0.05) is 0 Å². The van der Waals surface area contributed by atoms with E-state index >= 15 is 0 Å². The van der Waals surface area contributed by atoms with Crippen molar-refractivity contribution in [2.45, 2.75) is 6.42 Å². The van der Waals surface area contributed by atoms with Crippen molar-refractivity contribution in [2.75, 3.05) is 19.4 Å². The molecule has 0 aliphatic heterocycles. The predicted octanol–water partition coefficient (Wildman–Crippen LogP) is 2.81. The van der Waals surface area contributed by atoms with Crippen molar-refractivity contribution in [3.8, 4) is 0 Å². The largest absolute Gasteiger partial charge is 0.331 e. The molecule has 3 nitrogen and oxygen atoms in total. The van der Waals surface area contributed by atoms with E-state index in [0.29, 0.717) is 12.6 Å². The zero-order chi connectivity index (χ0) is 10.2. The molecule has 0 fully saturated rings. The van der Waals surface area contributed by atoms with Gasteiger partial charge in [0.15, 0.2) is 0 Å². The molecule has 0 unspecified atom stereocenters. The van der Waals surface area contributed by atoms with Crippen molar-refractivity contribution < 1.29 is 13.6 Å². The van der Waals surface area contributed by atoms with Gasteiger partial charge in [0.05, 0.1) is 19.4 Å². The molecule has 0 spiro atoms. The van der Waals surface area contributed by atoms with Crippen LogP contribution in [0.3, 0.4) is 0 Å². The molecule has 0 aromatic rings. The second-order valence-corrected chi connectivity index (χ2v) is 4.54. The van der Waals surface area contributed by atoms with Crippen LogP contribution in [0.25, 0.3) is 0 Å². The lowest BCUT2D eigenvalue weighted by Crippen LogP contribution is -2.00. The van der Waals surface area contributed by atoms with Crippen molar-refractivity contribution in [1.82, 2.24) is 0 Å². The molecule has 13 heavy (non-hydrogen) atoms. The topological polar surface area (TPSA) is 35.5 Å². The second kappa shape index (κ2) is 7.07. The first-order chi connectivity index (χ1) is 6.18. The van der Waals surface area contributed by atoms with E-state index in [9.17, 15) is 4.57 Å². The smallest absolute Gasteiger partial charge is 0.304 e. The molecule has 0 aromatic heterocycles. The molecule has 75 valence electrons. The molecular formula is C9H16O3P. The Balaban J connectivity index is 4.06. The fourth-order valence-electron chi connectivity index (χ4n) is 0.693. The van der Waals surface area contributed by atoms with Gasteiger partial charge in [-0.3, -0.25) is 4.57 Å². The summed E-state index contributed by atoms with van der Waals surface area (Å²) >= 11 is 0. The maximum atomic E-state index is 11.8. The first-order valence-corrected chi connectivity index (χ1v) is 5.80. The summed E-state index contributed by atoms with van der Waals surface area (Å²) in [4.78, 5) is 0. The highest BCUT2D eigenvalue weighted by molar-refractivity contribution is 7.53. The zero-order valence-corrected chi connectivity index (χ0v) is 8.67. The van der Waals surface area contributed by atoms with Crippen molar-refractivity contribution >= 4 is 7.60 Å². The minimum Gasteiger partial charge on any atom is -0.304 e. The van der Waals surface area contributed by atoms with Crippen LogP contribution in [0.1, 0.15) is 6.42 Å². The van der Waals surface area contributed by atoms with Crippen molar-refractivity contribution in [3.63, 3.8) is 0 Å². The van der Waals surface area contributed by atoms with Crippen LogP contribution in [0.15, 0.2) is 25.3 Å². The average Bonchev–Trinajstić information content (AvgIpc) is 2.12. The minimum absolute atomic E-state index is 0.231. The van der Waals surface area contributed by atoms with Gasteiger partial charge in [0.25, 0.3) is 0 Å². The zero-order valence-electron chi connectivity index (χ0n) is 7.78. The molecule has 0 amide bonds. The highest BCUT2D eigenvalue weighted by Gasteiger charge is 2.21. The Morgan fingerprint density at radius 1 is 1.15 bits per heavy atom. The normalized spacial score (nSPS) is 11.2. The van der Waals surface area contributed by atoms with E-state index in [1.807, 2.05) is 0 Å². The Morgan fingerprint density at radius 2 is 1.62 bits per heavy atom. The van der Waals surface area contributed by atoms with E-state index in [4.69, 9.17) is 9.05 Å². The van der Waals surface area contributed by atoms with Gasteiger partial charge in [-0.1, -0.05) is 19.1 Å². The summed E-state index contributed by atoms with van der Waals surface area (Å²) in [7, 11) is -2.96. The molecule has 4 heteroatoms. The Kier molecular flexibility index (Phi) is 6.87. The van der Waals surface area contributed by atoms with Crippen LogP contribution < -0.4 is 0 Å². The number of hydrogen-bond donors (Lipinski definition) is 0. The third kappa shape index (κ3) is 5.81. The highest BCUT2D eigenvalue weighted by Crippen LogP contribution is 2.48. The average molecular weight is 203 g/mol. The van der Waals surface area contributed by atoms with Crippen LogP contribution in [0.2, 0.25) is 0 Å². The molecule has 0 saturated heterocycles. The Labute approximate surface area is 80.0 Å². The van der Waals surface area contributed by atoms with Gasteiger partial charge in [-0.15, -0.1) is 13.2 Å². The van der Waals surface area contributed by atoms with Gasteiger partial charge in [-0.05, 0) is 6.42 Å². The second-order valence-electron chi connectivity index (χ2n) is 2.36. The molecule has 1 radical (unpaired) electrons. The Bertz CT molecular complexity index is 185. The lowest BCUT2D eigenvalue weighted by Gasteiger charge is -2.15. The fraction of sp³-hybridized carbons (Fsp3) is 0.444. The summed E-state index contributed by atoms with van der Waals surface area (Å²) in [6.45, 7) is 11.0. The van der Waals surface area contributed by atoms with E-state index in [-0.39, 0.29) is 13.2 Å². The van der Waals surface area contributed by atoms with E-state index in [0.717, 1.165) is 0 Å². The van der Waals surface area contributed by atoms with E-state index in [2.05, 4.69) is 20.1 Å². The van der Waals surface area contributed by atoms with Crippen molar-refractivity contribution in [1.29, 1.82) is 0 Å². The molecule has 0 aromatic carbocycles. The molecular weight excluding hydrogens is 187 g/mol. The molecule has 0 bridgehead atoms. The van der Waals surface area contributed by atoms with Gasteiger partial charge in [-0.25, -0.2) is 0 Å². The lowest BCUT2D eigenvalue weighted by atomic mass is 10.6. The number of rotatable bonds is 8. The molecule has 0 N–H and O–H groups in total. The Hall–Kier alpha value is -0.370. The van der Waals surface area contributed by atoms with Crippen molar-refractivity contribution in [3.05, 3.63) is 32.2 Å². The van der Waals surface area contributed by atoms with Gasteiger partial charge < -0.3 is 9.05 Å². The molecule has 0 aliphatic carbocycles. The number of hydrogen-bond acceptors (Lipinski definition) is 3. The van der Waals surface area contributed by atoms with Crippen molar-refractivity contribution in [2.24, 2.45) is 0 Å². The van der Waals surface area contributed by atoms with Crippen LogP contribution in [0.5, 0.6) is 0 Å². The van der Waals surface area contributed by atoms with Crippen LogP contribution in [-0.2, 0) is 13.6 Å². The van der Waals surface area contributed by atoms with E-state index in [1.54, 1.807) is 0 Å². The molecule has 0 atom stereocenters. The summed E-state index contributed by atoms with van der Waals surface area (Å²) < 4.78 is 21.8. The van der Waals surface area contributed by atoms with Crippen LogP contribution >= 0.6 is 7.60 Å². The predicted molar refractivity (Wildman–Crippen MR) is 54.7 cm³/mol. The van der Waals surface area contributed by atoms with Gasteiger partial charge in [0.2, 0.25) is 0 Å². The molecule has 0 saturated carbocycles. The lowest BCUT2D eigenvalue weighted by molar-refractivity contribution is 0.237. The summed E-state index contributed by atoms with van der Waals surface area (Å²) in [6.07, 6.45) is 3.92. The van der Waals surface area contributed by atoms with Gasteiger partial charge in [0.1, 0.15) is 0 Å². The fourth-order valence-corrected chi connectivity index (χ4v) is 2.08. The van der Waals surface area contributed by atoms with Crippen LogP contribution in [-0.4, -0.2) is 19.4 Å². The summed E-state index contributed by atoms with van der Waals surface area (Å²) in [5.74, 6) is 0. The van der Waals surface area contributed by atoms with Crippen LogP contribution in [0, 0.1) is 6.92 Å². The third-order valence-corrected chi connectivity index (χ3v) is 3.16. The van der Waals surface area contributed by atoms with E-state index < -0.39 is 7.60 Å².